The fraction of sp³-hybridized carbons (Fsp3) is 0.400. The Kier molecular flexibility index (Phi) is 6.91. The number of H-pyrrole nitrogens is 1. The standard InChI is InChI=1S/C30H35N5O3/c1-37-24-9-5-21(6-10-24)17-33-14-3-4-23(19-33)28-16-29-31-27-13-15-34(20-26(27)30(36)35(29)32-28)18-22-7-11-25(38-2)12-8-22/h5-12,16,23,32H,3-4,13-15,17-20H2,1-2H3/t23-/m1/s1. The van der Waals surface area contributed by atoms with Gasteiger partial charge in [-0.05, 0) is 54.8 Å². The number of likely N-dealkylation sites (tertiary alicyclic amines) is 1. The molecule has 0 radical (unpaired) electrons. The van der Waals surface area contributed by atoms with Crippen LogP contribution in [0, 0.1) is 0 Å². The molecule has 0 bridgehead atoms. The van der Waals surface area contributed by atoms with Crippen LogP contribution in [-0.2, 0) is 26.1 Å². The maximum atomic E-state index is 13.5. The molecule has 198 valence electrons. The van der Waals surface area contributed by atoms with Gasteiger partial charge in [0.15, 0.2) is 5.65 Å². The molecule has 4 heterocycles. The summed E-state index contributed by atoms with van der Waals surface area (Å²) >= 11 is 0. The Hall–Kier alpha value is -3.62. The van der Waals surface area contributed by atoms with Gasteiger partial charge in [-0.25, -0.2) is 9.50 Å². The molecular weight excluding hydrogens is 478 g/mol. The largest absolute Gasteiger partial charge is 0.497 e. The smallest absolute Gasteiger partial charge is 0.277 e. The van der Waals surface area contributed by atoms with E-state index in [1.54, 1.807) is 18.7 Å². The zero-order valence-corrected chi connectivity index (χ0v) is 22.2. The summed E-state index contributed by atoms with van der Waals surface area (Å²) in [7, 11) is 3.37. The SMILES string of the molecule is COc1ccc(CN2CCc3nc4cc([C@@H]5CCCN(Cc6ccc(OC)cc6)C5)[nH]n4c(=O)c3C2)cc1. The third-order valence-corrected chi connectivity index (χ3v) is 7.94. The molecule has 2 aromatic heterocycles. The highest BCUT2D eigenvalue weighted by atomic mass is 16.5. The van der Waals surface area contributed by atoms with Gasteiger partial charge in [0.1, 0.15) is 11.5 Å². The van der Waals surface area contributed by atoms with E-state index in [0.717, 1.165) is 86.1 Å². The minimum Gasteiger partial charge on any atom is -0.497 e. The van der Waals surface area contributed by atoms with Gasteiger partial charge in [-0.2, -0.15) is 0 Å². The second-order valence-electron chi connectivity index (χ2n) is 10.5. The Balaban J connectivity index is 1.17. The lowest BCUT2D eigenvalue weighted by Crippen LogP contribution is -2.36. The first-order valence-corrected chi connectivity index (χ1v) is 13.4. The van der Waals surface area contributed by atoms with E-state index in [2.05, 4.69) is 45.2 Å². The van der Waals surface area contributed by atoms with Crippen molar-refractivity contribution in [3.05, 3.63) is 93.0 Å². The first kappa shape index (κ1) is 24.7. The third-order valence-electron chi connectivity index (χ3n) is 7.94. The van der Waals surface area contributed by atoms with Gasteiger partial charge in [-0.15, -0.1) is 0 Å². The molecule has 38 heavy (non-hydrogen) atoms. The summed E-state index contributed by atoms with van der Waals surface area (Å²) in [6.07, 6.45) is 3.03. The molecule has 1 saturated heterocycles. The topological polar surface area (TPSA) is 75.1 Å². The number of rotatable bonds is 7. The van der Waals surface area contributed by atoms with E-state index in [1.165, 1.54) is 11.1 Å². The van der Waals surface area contributed by atoms with Crippen molar-refractivity contribution >= 4 is 5.65 Å². The highest BCUT2D eigenvalue weighted by Crippen LogP contribution is 2.28. The second-order valence-corrected chi connectivity index (χ2v) is 10.5. The van der Waals surface area contributed by atoms with Crippen LogP contribution >= 0.6 is 0 Å². The van der Waals surface area contributed by atoms with E-state index >= 15 is 0 Å². The van der Waals surface area contributed by atoms with E-state index in [4.69, 9.17) is 14.5 Å². The van der Waals surface area contributed by atoms with Gasteiger partial charge in [0.25, 0.3) is 5.56 Å². The van der Waals surface area contributed by atoms with Gasteiger partial charge in [-0.3, -0.25) is 19.7 Å². The third kappa shape index (κ3) is 5.06. The number of nitrogens with one attached hydrogen (secondary N) is 1. The number of methoxy groups -OCH3 is 2. The Bertz CT molecular complexity index is 1460. The lowest BCUT2D eigenvalue weighted by atomic mass is 9.94. The zero-order valence-electron chi connectivity index (χ0n) is 22.2. The Labute approximate surface area is 222 Å². The molecule has 1 fully saturated rings. The molecule has 8 nitrogen and oxygen atoms in total. The Morgan fingerprint density at radius 3 is 2.24 bits per heavy atom. The van der Waals surface area contributed by atoms with Crippen LogP contribution in [-0.4, -0.2) is 58.3 Å². The lowest BCUT2D eigenvalue weighted by molar-refractivity contribution is 0.198. The van der Waals surface area contributed by atoms with Crippen molar-refractivity contribution in [3.63, 3.8) is 0 Å². The Morgan fingerprint density at radius 1 is 0.921 bits per heavy atom. The number of piperidine rings is 1. The molecule has 2 aliphatic rings. The predicted molar refractivity (Wildman–Crippen MR) is 147 cm³/mol. The summed E-state index contributed by atoms with van der Waals surface area (Å²) in [5, 5.41) is 3.43. The van der Waals surface area contributed by atoms with Gasteiger partial charge in [-0.1, -0.05) is 24.3 Å². The lowest BCUT2D eigenvalue weighted by Gasteiger charge is -2.32. The number of hydrogen-bond acceptors (Lipinski definition) is 6. The molecule has 8 heteroatoms. The highest BCUT2D eigenvalue weighted by Gasteiger charge is 2.26. The monoisotopic (exact) mass is 513 g/mol. The molecule has 2 aromatic carbocycles. The number of aromatic amines is 1. The molecule has 0 saturated carbocycles. The van der Waals surface area contributed by atoms with Crippen molar-refractivity contribution in [2.75, 3.05) is 33.9 Å². The summed E-state index contributed by atoms with van der Waals surface area (Å²) in [6, 6.07) is 18.5. The normalized spacial score (nSPS) is 18.4. The van der Waals surface area contributed by atoms with E-state index in [1.807, 2.05) is 24.3 Å². The fourth-order valence-electron chi connectivity index (χ4n) is 5.83. The van der Waals surface area contributed by atoms with Crippen LogP contribution in [0.1, 0.15) is 46.8 Å². The van der Waals surface area contributed by atoms with Crippen LogP contribution < -0.4 is 15.0 Å². The summed E-state index contributed by atoms with van der Waals surface area (Å²) in [4.78, 5) is 23.3. The van der Waals surface area contributed by atoms with Crippen molar-refractivity contribution in [1.82, 2.24) is 24.4 Å². The quantitative estimate of drug-likeness (QED) is 0.403. The first-order chi connectivity index (χ1) is 18.6. The summed E-state index contributed by atoms with van der Waals surface area (Å²) in [5.41, 5.74) is 6.11. The number of ether oxygens (including phenoxy) is 2. The zero-order chi connectivity index (χ0) is 26.1. The predicted octanol–water partition coefficient (Wildman–Crippen LogP) is 3.98. The van der Waals surface area contributed by atoms with Crippen LogP contribution in [0.4, 0.5) is 0 Å². The van der Waals surface area contributed by atoms with Crippen LogP contribution in [0.15, 0.2) is 59.4 Å². The van der Waals surface area contributed by atoms with Crippen molar-refractivity contribution in [2.45, 2.75) is 44.8 Å². The van der Waals surface area contributed by atoms with Crippen molar-refractivity contribution in [3.8, 4) is 11.5 Å². The minimum absolute atomic E-state index is 0.0292. The van der Waals surface area contributed by atoms with Crippen LogP contribution in [0.5, 0.6) is 11.5 Å². The van der Waals surface area contributed by atoms with Gasteiger partial charge >= 0.3 is 0 Å². The van der Waals surface area contributed by atoms with Crippen molar-refractivity contribution in [2.24, 2.45) is 0 Å². The maximum absolute atomic E-state index is 13.5. The van der Waals surface area contributed by atoms with E-state index in [-0.39, 0.29) is 5.56 Å². The molecular formula is C30H35N5O3. The average molecular weight is 514 g/mol. The van der Waals surface area contributed by atoms with Gasteiger partial charge < -0.3 is 9.47 Å². The van der Waals surface area contributed by atoms with E-state index in [0.29, 0.717) is 12.5 Å². The number of hydrogen-bond donors (Lipinski definition) is 1. The second kappa shape index (κ2) is 10.6. The van der Waals surface area contributed by atoms with Crippen LogP contribution in [0.3, 0.4) is 0 Å². The molecule has 1 atom stereocenters. The summed E-state index contributed by atoms with van der Waals surface area (Å²) in [6.45, 7) is 5.26. The highest BCUT2D eigenvalue weighted by molar-refractivity contribution is 5.43. The molecule has 0 aliphatic carbocycles. The molecule has 1 N–H and O–H groups in total. The molecule has 0 spiro atoms. The molecule has 0 unspecified atom stereocenters. The summed E-state index contributed by atoms with van der Waals surface area (Å²) in [5.74, 6) is 2.09. The van der Waals surface area contributed by atoms with Gasteiger partial charge in [0.05, 0.1) is 25.5 Å². The fourth-order valence-corrected chi connectivity index (χ4v) is 5.83. The Morgan fingerprint density at radius 2 is 1.58 bits per heavy atom. The van der Waals surface area contributed by atoms with Crippen LogP contribution in [0.2, 0.25) is 0 Å². The summed E-state index contributed by atoms with van der Waals surface area (Å²) < 4.78 is 12.2. The molecule has 0 amide bonds. The van der Waals surface area contributed by atoms with E-state index < -0.39 is 0 Å². The van der Waals surface area contributed by atoms with Crippen molar-refractivity contribution in [1.29, 1.82) is 0 Å². The molecule has 2 aliphatic heterocycles. The number of fused-ring (bicyclic) bond motifs is 2. The number of benzene rings is 2. The van der Waals surface area contributed by atoms with Crippen LogP contribution in [0.25, 0.3) is 5.65 Å². The molecule has 4 aromatic rings. The van der Waals surface area contributed by atoms with Gasteiger partial charge in [0.2, 0.25) is 0 Å². The minimum atomic E-state index is 0.0292. The average Bonchev–Trinajstić information content (AvgIpc) is 3.39. The maximum Gasteiger partial charge on any atom is 0.277 e. The van der Waals surface area contributed by atoms with Gasteiger partial charge in [0, 0.05) is 56.8 Å². The van der Waals surface area contributed by atoms with Crippen molar-refractivity contribution < 1.29 is 9.47 Å². The van der Waals surface area contributed by atoms with E-state index in [9.17, 15) is 4.79 Å². The molecule has 6 rings (SSSR count). The number of aromatic nitrogens is 3. The first-order valence-electron chi connectivity index (χ1n) is 13.4. The number of nitrogens with zero attached hydrogens (tertiary/aromatic N) is 4.